The fourth-order valence-electron chi connectivity index (χ4n) is 2.93. The van der Waals surface area contributed by atoms with Gasteiger partial charge in [-0.15, -0.1) is 0 Å². The highest BCUT2D eigenvalue weighted by Crippen LogP contribution is 2.34. The number of hydrogen-bond acceptors (Lipinski definition) is 3. The van der Waals surface area contributed by atoms with Gasteiger partial charge < -0.3 is 10.2 Å². The van der Waals surface area contributed by atoms with Crippen LogP contribution in [0.5, 0.6) is 0 Å². The van der Waals surface area contributed by atoms with Crippen molar-refractivity contribution in [1.82, 2.24) is 9.88 Å². The number of hydrogen-bond donors (Lipinski definition) is 1. The lowest BCUT2D eigenvalue weighted by Crippen LogP contribution is -2.30. The van der Waals surface area contributed by atoms with Gasteiger partial charge in [-0.25, -0.2) is 9.37 Å². The summed E-state index contributed by atoms with van der Waals surface area (Å²) in [5.41, 5.74) is 0.607. The van der Waals surface area contributed by atoms with Crippen LogP contribution < -0.4 is 5.32 Å². The summed E-state index contributed by atoms with van der Waals surface area (Å²) in [7, 11) is 0. The fourth-order valence-corrected chi connectivity index (χ4v) is 3.38. The molecule has 0 aliphatic carbocycles. The summed E-state index contributed by atoms with van der Waals surface area (Å²) in [4.78, 5) is 18.9. The first-order valence-electron chi connectivity index (χ1n) is 8.55. The molecule has 0 fully saturated rings. The molecule has 2 aromatic carbocycles. The van der Waals surface area contributed by atoms with Gasteiger partial charge >= 0.3 is 0 Å². The van der Waals surface area contributed by atoms with Crippen molar-refractivity contribution >= 4 is 51.4 Å². The minimum Gasteiger partial charge on any atom is -0.339 e. The monoisotopic (exact) mass is 405 g/mol. The van der Waals surface area contributed by atoms with Crippen LogP contribution in [0.25, 0.3) is 10.8 Å². The molecule has 3 aromatic rings. The number of nitrogens with zero attached hydrogens (tertiary/aromatic N) is 2. The molecule has 1 amide bonds. The molecule has 0 radical (unpaired) electrons. The summed E-state index contributed by atoms with van der Waals surface area (Å²) < 4.78 is 14.3. The molecule has 0 aliphatic rings. The van der Waals surface area contributed by atoms with E-state index >= 15 is 0 Å². The van der Waals surface area contributed by atoms with Crippen LogP contribution in [0.3, 0.4) is 0 Å². The second-order valence-corrected chi connectivity index (χ2v) is 6.70. The SMILES string of the molecule is CCN(CC)C(=O)c1cnc(Nc2cccc(Cl)c2F)c2cccc(Cl)c12. The van der Waals surface area contributed by atoms with E-state index in [-0.39, 0.29) is 16.6 Å². The Morgan fingerprint density at radius 3 is 2.48 bits per heavy atom. The molecule has 1 heterocycles. The lowest BCUT2D eigenvalue weighted by Gasteiger charge is -2.20. The standard InChI is InChI=1S/C20H18Cl2FN3O/c1-3-26(4-2)20(27)13-11-24-19(12-7-5-8-14(21)17(12)13)25-16-10-6-9-15(22)18(16)23/h5-11H,3-4H2,1-2H3,(H,24,25). The molecule has 0 spiro atoms. The van der Waals surface area contributed by atoms with Gasteiger partial charge in [0.15, 0.2) is 5.82 Å². The maximum atomic E-state index is 14.3. The molecule has 27 heavy (non-hydrogen) atoms. The molecule has 0 atom stereocenters. The molecule has 0 saturated heterocycles. The number of carbonyl (C=O) groups excluding carboxylic acids is 1. The normalized spacial score (nSPS) is 10.9. The van der Waals surface area contributed by atoms with Gasteiger partial charge in [0, 0.05) is 35.1 Å². The van der Waals surface area contributed by atoms with E-state index in [1.54, 1.807) is 35.2 Å². The van der Waals surface area contributed by atoms with E-state index in [1.807, 2.05) is 13.8 Å². The van der Waals surface area contributed by atoms with Gasteiger partial charge in [-0.05, 0) is 32.0 Å². The molecule has 0 unspecified atom stereocenters. The van der Waals surface area contributed by atoms with Crippen molar-refractivity contribution in [3.63, 3.8) is 0 Å². The van der Waals surface area contributed by atoms with Crippen LogP contribution in [0.15, 0.2) is 42.6 Å². The molecule has 0 aliphatic heterocycles. The third kappa shape index (κ3) is 3.70. The van der Waals surface area contributed by atoms with Crippen LogP contribution in [-0.2, 0) is 0 Å². The predicted octanol–water partition coefficient (Wildman–Crippen LogP) is 5.91. The summed E-state index contributed by atoms with van der Waals surface area (Å²) in [6, 6.07) is 9.94. The second kappa shape index (κ2) is 8.11. The predicted molar refractivity (Wildman–Crippen MR) is 109 cm³/mol. The topological polar surface area (TPSA) is 45.2 Å². The number of nitrogens with one attached hydrogen (secondary N) is 1. The number of amides is 1. The van der Waals surface area contributed by atoms with Crippen molar-refractivity contribution in [2.75, 3.05) is 18.4 Å². The molecule has 0 bridgehead atoms. The average molecular weight is 406 g/mol. The van der Waals surface area contributed by atoms with E-state index in [4.69, 9.17) is 23.2 Å². The van der Waals surface area contributed by atoms with Crippen molar-refractivity contribution < 1.29 is 9.18 Å². The summed E-state index contributed by atoms with van der Waals surface area (Å²) >= 11 is 12.3. The van der Waals surface area contributed by atoms with Gasteiger partial charge in [0.05, 0.1) is 16.3 Å². The Balaban J connectivity index is 2.15. The highest BCUT2D eigenvalue weighted by molar-refractivity contribution is 6.37. The molecule has 4 nitrogen and oxygen atoms in total. The average Bonchev–Trinajstić information content (AvgIpc) is 2.67. The molecule has 0 saturated carbocycles. The molecule has 140 valence electrons. The Kier molecular flexibility index (Phi) is 5.82. The maximum Gasteiger partial charge on any atom is 0.256 e. The number of carbonyl (C=O) groups is 1. The zero-order valence-electron chi connectivity index (χ0n) is 14.9. The van der Waals surface area contributed by atoms with E-state index in [0.717, 1.165) is 0 Å². The van der Waals surface area contributed by atoms with Crippen molar-refractivity contribution in [2.24, 2.45) is 0 Å². The van der Waals surface area contributed by atoms with E-state index in [1.165, 1.54) is 12.3 Å². The third-order valence-electron chi connectivity index (χ3n) is 4.35. The minimum atomic E-state index is -0.570. The van der Waals surface area contributed by atoms with Crippen LogP contribution in [0, 0.1) is 5.82 Å². The van der Waals surface area contributed by atoms with Crippen LogP contribution >= 0.6 is 23.2 Å². The van der Waals surface area contributed by atoms with Crippen molar-refractivity contribution in [1.29, 1.82) is 0 Å². The van der Waals surface area contributed by atoms with E-state index in [0.29, 0.717) is 40.3 Å². The Bertz CT molecular complexity index is 1010. The zero-order valence-corrected chi connectivity index (χ0v) is 16.4. The molecule has 1 aromatic heterocycles. The maximum absolute atomic E-state index is 14.3. The first-order chi connectivity index (χ1) is 13.0. The summed E-state index contributed by atoms with van der Waals surface area (Å²) in [5, 5.41) is 4.60. The highest BCUT2D eigenvalue weighted by atomic mass is 35.5. The number of fused-ring (bicyclic) bond motifs is 1. The van der Waals surface area contributed by atoms with Gasteiger partial charge in [0.2, 0.25) is 0 Å². The number of rotatable bonds is 5. The first-order valence-corrected chi connectivity index (χ1v) is 9.31. The zero-order chi connectivity index (χ0) is 19.6. The number of benzene rings is 2. The Labute approximate surface area is 166 Å². The fraction of sp³-hybridized carbons (Fsp3) is 0.200. The quantitative estimate of drug-likeness (QED) is 0.573. The molecular weight excluding hydrogens is 388 g/mol. The van der Waals surface area contributed by atoms with Crippen LogP contribution in [0.2, 0.25) is 10.0 Å². The molecular formula is C20H18Cl2FN3O. The Morgan fingerprint density at radius 1 is 1.11 bits per heavy atom. The smallest absolute Gasteiger partial charge is 0.256 e. The number of pyridine rings is 1. The molecule has 3 rings (SSSR count). The van der Waals surface area contributed by atoms with E-state index < -0.39 is 5.82 Å². The van der Waals surface area contributed by atoms with Crippen LogP contribution in [0.4, 0.5) is 15.9 Å². The lowest BCUT2D eigenvalue weighted by atomic mass is 10.1. The van der Waals surface area contributed by atoms with Gasteiger partial charge in [-0.3, -0.25) is 4.79 Å². The van der Waals surface area contributed by atoms with Crippen LogP contribution in [0.1, 0.15) is 24.2 Å². The van der Waals surface area contributed by atoms with Gasteiger partial charge in [-0.1, -0.05) is 41.4 Å². The second-order valence-electron chi connectivity index (χ2n) is 5.89. The van der Waals surface area contributed by atoms with Gasteiger partial charge in [-0.2, -0.15) is 0 Å². The van der Waals surface area contributed by atoms with Gasteiger partial charge in [0.25, 0.3) is 5.91 Å². The Hall–Kier alpha value is -2.37. The first kappa shape index (κ1) is 19.4. The number of aromatic nitrogens is 1. The highest BCUT2D eigenvalue weighted by Gasteiger charge is 2.20. The summed E-state index contributed by atoms with van der Waals surface area (Å²) in [5.74, 6) is -0.324. The largest absolute Gasteiger partial charge is 0.339 e. The third-order valence-corrected chi connectivity index (χ3v) is 4.95. The number of anilines is 2. The minimum absolute atomic E-state index is 0.00988. The molecule has 1 N–H and O–H groups in total. The van der Waals surface area contributed by atoms with Crippen molar-refractivity contribution in [2.45, 2.75) is 13.8 Å². The van der Waals surface area contributed by atoms with Crippen LogP contribution in [-0.4, -0.2) is 28.9 Å². The van der Waals surface area contributed by atoms with Gasteiger partial charge in [0.1, 0.15) is 5.82 Å². The summed E-state index contributed by atoms with van der Waals surface area (Å²) in [6.07, 6.45) is 1.47. The lowest BCUT2D eigenvalue weighted by molar-refractivity contribution is 0.0774. The van der Waals surface area contributed by atoms with E-state index in [9.17, 15) is 9.18 Å². The summed E-state index contributed by atoms with van der Waals surface area (Å²) in [6.45, 7) is 4.98. The van der Waals surface area contributed by atoms with E-state index in [2.05, 4.69) is 10.3 Å². The Morgan fingerprint density at radius 2 is 1.78 bits per heavy atom. The van der Waals surface area contributed by atoms with Crippen molar-refractivity contribution in [3.05, 3.63) is 64.0 Å². The number of halogens is 3. The molecule has 7 heteroatoms. The van der Waals surface area contributed by atoms with Crippen molar-refractivity contribution in [3.8, 4) is 0 Å².